The molecule has 2 rings (SSSR count). The number of aromatic nitrogens is 2. The molecule has 1 unspecified atom stereocenters. The van der Waals surface area contributed by atoms with Crippen molar-refractivity contribution in [2.24, 2.45) is 5.73 Å². The maximum atomic E-state index is 11.3. The summed E-state index contributed by atoms with van der Waals surface area (Å²) in [6.07, 6.45) is 3.45. The Kier molecular flexibility index (Phi) is 4.11. The van der Waals surface area contributed by atoms with E-state index in [2.05, 4.69) is 4.98 Å². The van der Waals surface area contributed by atoms with Crippen LogP contribution in [-0.4, -0.2) is 26.7 Å². The number of aryl methyl sites for hydroxylation is 1. The first-order valence-corrected chi connectivity index (χ1v) is 6.58. The molecule has 3 N–H and O–H groups in total. The highest BCUT2D eigenvalue weighted by molar-refractivity contribution is 6.29. The second kappa shape index (κ2) is 5.64. The Morgan fingerprint density at radius 3 is 2.85 bits per heavy atom. The Bertz CT molecular complexity index is 650. The highest BCUT2D eigenvalue weighted by atomic mass is 35.5. The first-order valence-electron chi connectivity index (χ1n) is 6.20. The third kappa shape index (κ3) is 3.00. The highest BCUT2D eigenvalue weighted by Gasteiger charge is 2.15. The molecular formula is C14H16ClN3O2. The monoisotopic (exact) mass is 293 g/mol. The summed E-state index contributed by atoms with van der Waals surface area (Å²) < 4.78 is 1.65. The lowest BCUT2D eigenvalue weighted by Crippen LogP contribution is -2.23. The highest BCUT2D eigenvalue weighted by Crippen LogP contribution is 2.27. The summed E-state index contributed by atoms with van der Waals surface area (Å²) in [4.78, 5) is 15.3. The van der Waals surface area contributed by atoms with Gasteiger partial charge in [0.1, 0.15) is 10.8 Å². The van der Waals surface area contributed by atoms with Crippen LogP contribution in [0.2, 0.25) is 5.15 Å². The van der Waals surface area contributed by atoms with E-state index in [1.165, 1.54) is 0 Å². The Morgan fingerprint density at radius 1 is 1.55 bits per heavy atom. The van der Waals surface area contributed by atoms with Crippen LogP contribution in [0.5, 0.6) is 0 Å². The SMILES string of the molecule is Cc1cnc(Cl)cc1-c1cc(C(=O)O)n(CC(C)N)c1. The van der Waals surface area contributed by atoms with Crippen molar-refractivity contribution < 1.29 is 9.90 Å². The fraction of sp³-hybridized carbons (Fsp3) is 0.286. The lowest BCUT2D eigenvalue weighted by molar-refractivity contribution is 0.0685. The summed E-state index contributed by atoms with van der Waals surface area (Å²) in [6, 6.07) is 3.23. The van der Waals surface area contributed by atoms with Crippen LogP contribution in [-0.2, 0) is 6.54 Å². The largest absolute Gasteiger partial charge is 0.477 e. The van der Waals surface area contributed by atoms with Gasteiger partial charge in [-0.1, -0.05) is 11.6 Å². The normalized spacial score (nSPS) is 12.4. The molecule has 2 aromatic rings. The zero-order valence-corrected chi connectivity index (χ0v) is 12.1. The van der Waals surface area contributed by atoms with Crippen molar-refractivity contribution >= 4 is 17.6 Å². The van der Waals surface area contributed by atoms with Crippen molar-refractivity contribution in [2.45, 2.75) is 26.4 Å². The standard InChI is InChI=1S/C14H16ClN3O2/c1-8-5-17-13(15)4-11(8)10-3-12(14(19)20)18(7-10)6-9(2)16/h3-5,7,9H,6,16H2,1-2H3,(H,19,20). The molecule has 5 nitrogen and oxygen atoms in total. The molecule has 0 amide bonds. The van der Waals surface area contributed by atoms with Crippen molar-refractivity contribution in [1.29, 1.82) is 0 Å². The topological polar surface area (TPSA) is 81.1 Å². The number of carboxylic acid groups (broad SMARTS) is 1. The van der Waals surface area contributed by atoms with Gasteiger partial charge >= 0.3 is 5.97 Å². The van der Waals surface area contributed by atoms with Gasteiger partial charge in [0.05, 0.1) is 0 Å². The van der Waals surface area contributed by atoms with E-state index >= 15 is 0 Å². The van der Waals surface area contributed by atoms with Gasteiger partial charge in [-0.2, -0.15) is 0 Å². The van der Waals surface area contributed by atoms with Gasteiger partial charge in [0, 0.05) is 30.5 Å². The van der Waals surface area contributed by atoms with E-state index in [0.717, 1.165) is 16.7 Å². The second-order valence-electron chi connectivity index (χ2n) is 4.87. The molecule has 0 bridgehead atoms. The van der Waals surface area contributed by atoms with Crippen LogP contribution in [0.1, 0.15) is 23.0 Å². The van der Waals surface area contributed by atoms with E-state index < -0.39 is 5.97 Å². The molecule has 0 radical (unpaired) electrons. The number of rotatable bonds is 4. The molecule has 20 heavy (non-hydrogen) atoms. The van der Waals surface area contributed by atoms with Crippen LogP contribution in [0.25, 0.3) is 11.1 Å². The summed E-state index contributed by atoms with van der Waals surface area (Å²) in [5.41, 5.74) is 8.57. The van der Waals surface area contributed by atoms with E-state index in [9.17, 15) is 9.90 Å². The number of hydrogen-bond acceptors (Lipinski definition) is 3. The molecule has 0 aliphatic carbocycles. The fourth-order valence-electron chi connectivity index (χ4n) is 2.11. The maximum Gasteiger partial charge on any atom is 0.352 e. The van der Waals surface area contributed by atoms with Crippen LogP contribution in [0.3, 0.4) is 0 Å². The van der Waals surface area contributed by atoms with Crippen molar-refractivity contribution in [1.82, 2.24) is 9.55 Å². The number of aromatic carboxylic acids is 1. The lowest BCUT2D eigenvalue weighted by atomic mass is 10.1. The third-order valence-corrected chi connectivity index (χ3v) is 3.19. The van der Waals surface area contributed by atoms with Crippen molar-refractivity contribution in [3.05, 3.63) is 40.9 Å². The zero-order valence-electron chi connectivity index (χ0n) is 11.3. The van der Waals surface area contributed by atoms with Crippen LogP contribution in [0, 0.1) is 6.92 Å². The summed E-state index contributed by atoms with van der Waals surface area (Å²) in [5, 5.41) is 9.64. The molecule has 2 heterocycles. The van der Waals surface area contributed by atoms with Gasteiger partial charge in [-0.15, -0.1) is 0 Å². The van der Waals surface area contributed by atoms with Gasteiger partial charge in [-0.25, -0.2) is 9.78 Å². The molecule has 0 saturated heterocycles. The molecule has 0 fully saturated rings. The molecule has 2 aromatic heterocycles. The molecule has 1 atom stereocenters. The van der Waals surface area contributed by atoms with Crippen molar-refractivity contribution in [3.8, 4) is 11.1 Å². The van der Waals surface area contributed by atoms with E-state index in [1.54, 1.807) is 29.1 Å². The van der Waals surface area contributed by atoms with Crippen LogP contribution < -0.4 is 5.73 Å². The van der Waals surface area contributed by atoms with Gasteiger partial charge in [-0.3, -0.25) is 0 Å². The number of nitrogens with two attached hydrogens (primary N) is 1. The number of hydrogen-bond donors (Lipinski definition) is 2. The Balaban J connectivity index is 2.52. The number of halogens is 1. The second-order valence-corrected chi connectivity index (χ2v) is 5.26. The first-order chi connectivity index (χ1) is 9.38. The van der Waals surface area contributed by atoms with Gasteiger partial charge in [0.25, 0.3) is 0 Å². The summed E-state index contributed by atoms with van der Waals surface area (Å²) in [5.74, 6) is -0.977. The number of carbonyl (C=O) groups is 1. The van der Waals surface area contributed by atoms with Gasteiger partial charge < -0.3 is 15.4 Å². The van der Waals surface area contributed by atoms with Crippen molar-refractivity contribution in [2.75, 3.05) is 0 Å². The Morgan fingerprint density at radius 2 is 2.25 bits per heavy atom. The van der Waals surface area contributed by atoms with E-state index in [-0.39, 0.29) is 11.7 Å². The van der Waals surface area contributed by atoms with E-state index in [1.807, 2.05) is 13.8 Å². The predicted octanol–water partition coefficient (Wildman–Crippen LogP) is 2.56. The number of carboxylic acids is 1. The van der Waals surface area contributed by atoms with Gasteiger partial charge in [0.15, 0.2) is 0 Å². The summed E-state index contributed by atoms with van der Waals surface area (Å²) in [7, 11) is 0. The van der Waals surface area contributed by atoms with Gasteiger partial charge in [0.2, 0.25) is 0 Å². The van der Waals surface area contributed by atoms with Crippen molar-refractivity contribution in [3.63, 3.8) is 0 Å². The number of nitrogens with zero attached hydrogens (tertiary/aromatic N) is 2. The quantitative estimate of drug-likeness (QED) is 0.849. The molecule has 106 valence electrons. The van der Waals surface area contributed by atoms with Gasteiger partial charge in [-0.05, 0) is 37.1 Å². The summed E-state index contributed by atoms with van der Waals surface area (Å²) >= 11 is 5.91. The third-order valence-electron chi connectivity index (χ3n) is 2.98. The molecular weight excluding hydrogens is 278 g/mol. The minimum atomic E-state index is -0.977. The first kappa shape index (κ1) is 14.6. The zero-order chi connectivity index (χ0) is 14.9. The van der Waals surface area contributed by atoms with E-state index in [4.69, 9.17) is 17.3 Å². The molecule has 0 aromatic carbocycles. The Labute approximate surface area is 122 Å². The Hall–Kier alpha value is -1.85. The van der Waals surface area contributed by atoms with E-state index in [0.29, 0.717) is 11.7 Å². The van der Waals surface area contributed by atoms with Crippen LogP contribution >= 0.6 is 11.6 Å². The predicted molar refractivity (Wildman–Crippen MR) is 78.0 cm³/mol. The maximum absolute atomic E-state index is 11.3. The average molecular weight is 294 g/mol. The number of pyridine rings is 1. The minimum Gasteiger partial charge on any atom is -0.477 e. The molecule has 0 saturated carbocycles. The summed E-state index contributed by atoms with van der Waals surface area (Å²) in [6.45, 7) is 4.18. The minimum absolute atomic E-state index is 0.129. The molecule has 0 spiro atoms. The van der Waals surface area contributed by atoms with Crippen LogP contribution in [0.15, 0.2) is 24.5 Å². The fourth-order valence-corrected chi connectivity index (χ4v) is 2.27. The molecule has 6 heteroatoms. The average Bonchev–Trinajstić information content (AvgIpc) is 2.75. The molecule has 0 aliphatic heterocycles. The smallest absolute Gasteiger partial charge is 0.352 e. The lowest BCUT2D eigenvalue weighted by Gasteiger charge is -2.08. The molecule has 0 aliphatic rings. The van der Waals surface area contributed by atoms with Crippen LogP contribution in [0.4, 0.5) is 0 Å².